The number of hydrogen-bond acceptors (Lipinski definition) is 5. The Morgan fingerprint density at radius 3 is 2.45 bits per heavy atom. The normalized spacial score (nSPS) is 14.8. The van der Waals surface area contributed by atoms with Crippen LogP contribution in [0.3, 0.4) is 0 Å². The van der Waals surface area contributed by atoms with Gasteiger partial charge in [-0.15, -0.1) is 11.8 Å². The lowest BCUT2D eigenvalue weighted by molar-refractivity contribution is -0.132. The fraction of sp³-hybridized carbons (Fsp3) is 0.348. The van der Waals surface area contributed by atoms with Crippen molar-refractivity contribution in [3.8, 4) is 11.4 Å². The first kappa shape index (κ1) is 19.7. The summed E-state index contributed by atoms with van der Waals surface area (Å²) < 4.78 is 5.51. The monoisotopic (exact) mass is 407 g/mol. The van der Waals surface area contributed by atoms with Crippen LogP contribution in [0.25, 0.3) is 11.4 Å². The number of aromatic nitrogens is 2. The van der Waals surface area contributed by atoms with Gasteiger partial charge in [0, 0.05) is 35.9 Å². The van der Waals surface area contributed by atoms with Crippen LogP contribution in [0.2, 0.25) is 0 Å². The summed E-state index contributed by atoms with van der Waals surface area (Å²) in [5, 5.41) is 4.12. The predicted molar refractivity (Wildman–Crippen MR) is 115 cm³/mol. The Hall–Kier alpha value is -2.60. The standard InChI is InChI=1S/C23H25N3O2S/c27-21(12-7-17-29-20-10-5-2-6-11-20)26-15-13-19(14-16-26)23-24-22(25-28-23)18-8-3-1-4-9-18/h1-6,8-11,19H,7,12-17H2. The summed E-state index contributed by atoms with van der Waals surface area (Å²) in [5.41, 5.74) is 0.962. The van der Waals surface area contributed by atoms with Crippen molar-refractivity contribution < 1.29 is 9.32 Å². The molecule has 3 aromatic rings. The number of piperidine rings is 1. The first-order chi connectivity index (χ1) is 14.3. The van der Waals surface area contributed by atoms with Gasteiger partial charge in [0.1, 0.15) is 0 Å². The average molecular weight is 408 g/mol. The van der Waals surface area contributed by atoms with Gasteiger partial charge in [0.15, 0.2) is 0 Å². The summed E-state index contributed by atoms with van der Waals surface area (Å²) in [7, 11) is 0. The van der Waals surface area contributed by atoms with Crippen LogP contribution in [0, 0.1) is 0 Å². The van der Waals surface area contributed by atoms with E-state index in [4.69, 9.17) is 4.52 Å². The molecule has 0 atom stereocenters. The van der Waals surface area contributed by atoms with Gasteiger partial charge in [-0.2, -0.15) is 4.98 Å². The molecular formula is C23H25N3O2S. The predicted octanol–water partition coefficient (Wildman–Crippen LogP) is 5.02. The van der Waals surface area contributed by atoms with Gasteiger partial charge < -0.3 is 9.42 Å². The van der Waals surface area contributed by atoms with Crippen molar-refractivity contribution in [3.63, 3.8) is 0 Å². The van der Waals surface area contributed by atoms with E-state index in [-0.39, 0.29) is 11.8 Å². The Kier molecular flexibility index (Phi) is 6.62. The largest absolute Gasteiger partial charge is 0.343 e. The number of rotatable bonds is 7. The van der Waals surface area contributed by atoms with Crippen molar-refractivity contribution in [1.82, 2.24) is 15.0 Å². The Morgan fingerprint density at radius 2 is 1.72 bits per heavy atom. The summed E-state index contributed by atoms with van der Waals surface area (Å²) in [6, 6.07) is 20.2. The number of nitrogens with zero attached hydrogens (tertiary/aromatic N) is 3. The second-order valence-corrected chi connectivity index (χ2v) is 8.41. The molecule has 4 rings (SSSR count). The lowest BCUT2D eigenvalue weighted by atomic mass is 9.96. The zero-order valence-electron chi connectivity index (χ0n) is 16.4. The van der Waals surface area contributed by atoms with Gasteiger partial charge in [0.05, 0.1) is 0 Å². The maximum atomic E-state index is 12.5. The highest BCUT2D eigenvalue weighted by Gasteiger charge is 2.27. The number of thioether (sulfide) groups is 1. The summed E-state index contributed by atoms with van der Waals surface area (Å²) in [4.78, 5) is 20.3. The van der Waals surface area contributed by atoms with Crippen LogP contribution in [0.4, 0.5) is 0 Å². The minimum Gasteiger partial charge on any atom is -0.343 e. The van der Waals surface area contributed by atoms with Crippen LogP contribution in [0.15, 0.2) is 70.1 Å². The third-order valence-electron chi connectivity index (χ3n) is 5.22. The van der Waals surface area contributed by atoms with E-state index < -0.39 is 0 Å². The SMILES string of the molecule is O=C(CCCSc1ccccc1)N1CCC(c2nc(-c3ccccc3)no2)CC1. The molecule has 1 aromatic heterocycles. The van der Waals surface area contributed by atoms with Crippen LogP contribution < -0.4 is 0 Å². The van der Waals surface area contributed by atoms with Crippen molar-refractivity contribution in [2.75, 3.05) is 18.8 Å². The average Bonchev–Trinajstić information content (AvgIpc) is 3.28. The Labute approximate surface area is 175 Å². The first-order valence-corrected chi connectivity index (χ1v) is 11.1. The molecule has 0 spiro atoms. The van der Waals surface area contributed by atoms with Crippen molar-refractivity contribution in [1.29, 1.82) is 0 Å². The Bertz CT molecular complexity index is 906. The van der Waals surface area contributed by atoms with E-state index in [0.29, 0.717) is 18.1 Å². The third kappa shape index (κ3) is 5.26. The maximum Gasteiger partial charge on any atom is 0.230 e. The van der Waals surface area contributed by atoms with Crippen LogP contribution in [0.1, 0.15) is 37.5 Å². The van der Waals surface area contributed by atoms with Crippen LogP contribution in [0.5, 0.6) is 0 Å². The summed E-state index contributed by atoms with van der Waals surface area (Å²) >= 11 is 1.81. The molecule has 0 N–H and O–H groups in total. The minimum atomic E-state index is 0.234. The Balaban J connectivity index is 1.21. The second-order valence-electron chi connectivity index (χ2n) is 7.24. The van der Waals surface area contributed by atoms with Crippen molar-refractivity contribution in [3.05, 3.63) is 66.6 Å². The highest BCUT2D eigenvalue weighted by atomic mass is 32.2. The van der Waals surface area contributed by atoms with E-state index in [2.05, 4.69) is 22.3 Å². The van der Waals surface area contributed by atoms with Crippen molar-refractivity contribution in [2.24, 2.45) is 0 Å². The molecule has 0 saturated carbocycles. The molecule has 1 saturated heterocycles. The highest BCUT2D eigenvalue weighted by molar-refractivity contribution is 7.99. The molecule has 6 heteroatoms. The number of benzene rings is 2. The van der Waals surface area contributed by atoms with E-state index in [0.717, 1.165) is 43.7 Å². The summed E-state index contributed by atoms with van der Waals surface area (Å²) in [6.07, 6.45) is 3.27. The number of carbonyl (C=O) groups is 1. The minimum absolute atomic E-state index is 0.234. The number of hydrogen-bond donors (Lipinski definition) is 0. The number of likely N-dealkylation sites (tertiary alicyclic amines) is 1. The molecule has 0 aliphatic carbocycles. The molecule has 0 bridgehead atoms. The third-order valence-corrected chi connectivity index (χ3v) is 6.32. The van der Waals surface area contributed by atoms with Gasteiger partial charge >= 0.3 is 0 Å². The fourth-order valence-electron chi connectivity index (χ4n) is 3.57. The summed E-state index contributed by atoms with van der Waals surface area (Å²) in [5.74, 6) is 2.78. The van der Waals surface area contributed by atoms with Crippen molar-refractivity contribution >= 4 is 17.7 Å². The number of amides is 1. The molecule has 1 fully saturated rings. The van der Waals surface area contributed by atoms with E-state index >= 15 is 0 Å². The molecule has 2 heterocycles. The van der Waals surface area contributed by atoms with Gasteiger partial charge in [0.25, 0.3) is 0 Å². The zero-order chi connectivity index (χ0) is 19.9. The van der Waals surface area contributed by atoms with Crippen LogP contribution in [-0.2, 0) is 4.79 Å². The Morgan fingerprint density at radius 1 is 1.03 bits per heavy atom. The van der Waals surface area contributed by atoms with Gasteiger partial charge in [0.2, 0.25) is 17.6 Å². The highest BCUT2D eigenvalue weighted by Crippen LogP contribution is 2.29. The van der Waals surface area contributed by atoms with Gasteiger partial charge in [-0.05, 0) is 37.1 Å². The molecule has 5 nitrogen and oxygen atoms in total. The lowest BCUT2D eigenvalue weighted by Gasteiger charge is -2.30. The molecule has 1 aliphatic heterocycles. The molecule has 0 radical (unpaired) electrons. The molecule has 1 amide bonds. The lowest BCUT2D eigenvalue weighted by Crippen LogP contribution is -2.37. The summed E-state index contributed by atoms with van der Waals surface area (Å²) in [6.45, 7) is 1.52. The van der Waals surface area contributed by atoms with Crippen LogP contribution >= 0.6 is 11.8 Å². The zero-order valence-corrected chi connectivity index (χ0v) is 17.2. The van der Waals surface area contributed by atoms with Crippen molar-refractivity contribution in [2.45, 2.75) is 36.5 Å². The smallest absolute Gasteiger partial charge is 0.230 e. The number of carbonyl (C=O) groups excluding carboxylic acids is 1. The quantitative estimate of drug-likeness (QED) is 0.407. The van der Waals surface area contributed by atoms with E-state index in [1.165, 1.54) is 4.90 Å². The molecule has 1 aliphatic rings. The molecule has 150 valence electrons. The van der Waals surface area contributed by atoms with Gasteiger partial charge in [-0.1, -0.05) is 53.7 Å². The topological polar surface area (TPSA) is 59.2 Å². The van der Waals surface area contributed by atoms with Gasteiger partial charge in [-0.3, -0.25) is 4.79 Å². The first-order valence-electron chi connectivity index (χ1n) is 10.1. The van der Waals surface area contributed by atoms with Crippen LogP contribution in [-0.4, -0.2) is 39.8 Å². The maximum absolute atomic E-state index is 12.5. The van der Waals surface area contributed by atoms with E-state index in [1.807, 2.05) is 65.2 Å². The van der Waals surface area contributed by atoms with E-state index in [1.54, 1.807) is 0 Å². The molecule has 29 heavy (non-hydrogen) atoms. The molecule has 2 aromatic carbocycles. The molecular weight excluding hydrogens is 382 g/mol. The second kappa shape index (κ2) is 9.74. The molecule has 0 unspecified atom stereocenters. The van der Waals surface area contributed by atoms with Gasteiger partial charge in [-0.25, -0.2) is 0 Å². The van der Waals surface area contributed by atoms with E-state index in [9.17, 15) is 4.79 Å². The fourth-order valence-corrected chi connectivity index (χ4v) is 4.44.